The molecule has 1 fully saturated rings. The van der Waals surface area contributed by atoms with E-state index in [1.807, 2.05) is 0 Å². The van der Waals surface area contributed by atoms with Crippen LogP contribution in [0.25, 0.3) is 11.0 Å². The summed E-state index contributed by atoms with van der Waals surface area (Å²) in [5.41, 5.74) is 7.03. The molecule has 3 rings (SSSR count). The highest BCUT2D eigenvalue weighted by Crippen LogP contribution is 2.31. The Morgan fingerprint density at radius 3 is 2.81 bits per heavy atom. The fourth-order valence-corrected chi connectivity index (χ4v) is 2.98. The van der Waals surface area contributed by atoms with Gasteiger partial charge in [-0.1, -0.05) is 13.8 Å². The summed E-state index contributed by atoms with van der Waals surface area (Å²) in [4.78, 5) is 12.2. The Balaban J connectivity index is 1.72. The summed E-state index contributed by atoms with van der Waals surface area (Å²) in [5.74, 6) is 1.17. The van der Waals surface area contributed by atoms with Crippen LogP contribution in [0.3, 0.4) is 0 Å². The van der Waals surface area contributed by atoms with Gasteiger partial charge in [-0.05, 0) is 55.4 Å². The maximum absolute atomic E-state index is 12.2. The highest BCUT2D eigenvalue weighted by Gasteiger charge is 2.28. The van der Waals surface area contributed by atoms with Crippen molar-refractivity contribution in [2.45, 2.75) is 39.2 Å². The van der Waals surface area contributed by atoms with Crippen molar-refractivity contribution >= 4 is 22.6 Å². The number of hydrogen-bond donors (Lipinski definition) is 1. The summed E-state index contributed by atoms with van der Waals surface area (Å²) in [6, 6.07) is 7.01. The molecule has 1 aromatic heterocycles. The average molecular weight is 287 g/mol. The number of furan rings is 1. The number of nitrogens with two attached hydrogens (primary N) is 1. The summed E-state index contributed by atoms with van der Waals surface area (Å²) in [6.45, 7) is 4.47. The zero-order valence-corrected chi connectivity index (χ0v) is 12.5. The van der Waals surface area contributed by atoms with Crippen molar-refractivity contribution in [1.29, 1.82) is 0 Å². The van der Waals surface area contributed by atoms with Crippen molar-refractivity contribution in [2.24, 2.45) is 11.8 Å². The van der Waals surface area contributed by atoms with Gasteiger partial charge in [0.25, 0.3) is 0 Å². The predicted molar refractivity (Wildman–Crippen MR) is 82.0 cm³/mol. The van der Waals surface area contributed by atoms with Gasteiger partial charge in [0.2, 0.25) is 5.76 Å². The molecule has 1 aromatic carbocycles. The second-order valence-electron chi connectivity index (χ2n) is 6.20. The van der Waals surface area contributed by atoms with Crippen molar-refractivity contribution in [3.05, 3.63) is 30.0 Å². The van der Waals surface area contributed by atoms with Gasteiger partial charge in [0.05, 0.1) is 0 Å². The molecule has 0 aliphatic heterocycles. The van der Waals surface area contributed by atoms with Crippen LogP contribution in [0.4, 0.5) is 5.69 Å². The van der Waals surface area contributed by atoms with Gasteiger partial charge < -0.3 is 14.9 Å². The molecule has 0 radical (unpaired) electrons. The molecule has 0 spiro atoms. The van der Waals surface area contributed by atoms with E-state index < -0.39 is 0 Å². The van der Waals surface area contributed by atoms with E-state index in [-0.39, 0.29) is 17.8 Å². The highest BCUT2D eigenvalue weighted by atomic mass is 16.6. The lowest BCUT2D eigenvalue weighted by molar-refractivity contribution is 0.00594. The number of ether oxygens (including phenoxy) is 1. The Hall–Kier alpha value is -1.97. The zero-order chi connectivity index (χ0) is 15.0. The molecular formula is C17H21NO3. The van der Waals surface area contributed by atoms with Gasteiger partial charge in [-0.3, -0.25) is 0 Å². The molecule has 0 amide bonds. The highest BCUT2D eigenvalue weighted by molar-refractivity contribution is 5.93. The Bertz CT molecular complexity index is 661. The molecule has 3 unspecified atom stereocenters. The lowest BCUT2D eigenvalue weighted by atomic mass is 9.80. The van der Waals surface area contributed by atoms with Crippen LogP contribution in [-0.2, 0) is 4.74 Å². The van der Waals surface area contributed by atoms with Crippen molar-refractivity contribution in [1.82, 2.24) is 0 Å². The minimum absolute atomic E-state index is 0.00183. The van der Waals surface area contributed by atoms with Crippen LogP contribution in [0.5, 0.6) is 0 Å². The Kier molecular flexibility index (Phi) is 3.62. The second-order valence-corrected chi connectivity index (χ2v) is 6.20. The van der Waals surface area contributed by atoms with Gasteiger partial charge in [0.15, 0.2) is 0 Å². The predicted octanol–water partition coefficient (Wildman–Crippen LogP) is 4.00. The fraction of sp³-hybridized carbons (Fsp3) is 0.471. The minimum atomic E-state index is -0.378. The number of fused-ring (bicyclic) bond motifs is 1. The first kappa shape index (κ1) is 14.0. The zero-order valence-electron chi connectivity index (χ0n) is 12.5. The molecule has 112 valence electrons. The summed E-state index contributed by atoms with van der Waals surface area (Å²) < 4.78 is 11.1. The lowest BCUT2D eigenvalue weighted by Gasteiger charge is -2.31. The van der Waals surface area contributed by atoms with E-state index in [4.69, 9.17) is 14.9 Å². The molecule has 1 saturated carbocycles. The normalized spacial score (nSPS) is 25.9. The van der Waals surface area contributed by atoms with E-state index in [1.165, 1.54) is 0 Å². The van der Waals surface area contributed by atoms with Crippen molar-refractivity contribution in [3.8, 4) is 0 Å². The van der Waals surface area contributed by atoms with Crippen LogP contribution in [0.2, 0.25) is 0 Å². The number of esters is 1. The minimum Gasteiger partial charge on any atom is -0.457 e. The van der Waals surface area contributed by atoms with E-state index in [9.17, 15) is 4.79 Å². The largest absolute Gasteiger partial charge is 0.457 e. The number of hydrogen-bond acceptors (Lipinski definition) is 4. The van der Waals surface area contributed by atoms with E-state index in [1.54, 1.807) is 24.3 Å². The molecular weight excluding hydrogens is 266 g/mol. The summed E-state index contributed by atoms with van der Waals surface area (Å²) in [5, 5.41) is 0.826. The molecule has 1 aliphatic carbocycles. The van der Waals surface area contributed by atoms with E-state index in [0.717, 1.165) is 24.6 Å². The first-order valence-electron chi connectivity index (χ1n) is 7.53. The molecule has 1 heterocycles. The van der Waals surface area contributed by atoms with Gasteiger partial charge in [-0.25, -0.2) is 4.79 Å². The molecule has 1 aliphatic rings. The van der Waals surface area contributed by atoms with Crippen LogP contribution in [0.1, 0.15) is 43.7 Å². The Morgan fingerprint density at radius 1 is 1.24 bits per heavy atom. The molecule has 4 nitrogen and oxygen atoms in total. The monoisotopic (exact) mass is 287 g/mol. The molecule has 2 aromatic rings. The van der Waals surface area contributed by atoms with E-state index in [2.05, 4.69) is 13.8 Å². The third-order valence-corrected chi connectivity index (χ3v) is 4.57. The number of nitrogen functional groups attached to an aromatic ring is 1. The molecule has 2 N–H and O–H groups in total. The number of carbonyl (C=O) groups is 1. The second kappa shape index (κ2) is 5.43. The van der Waals surface area contributed by atoms with Crippen LogP contribution in [0, 0.1) is 11.8 Å². The third kappa shape index (κ3) is 2.89. The maximum Gasteiger partial charge on any atom is 0.374 e. The molecule has 3 atom stereocenters. The van der Waals surface area contributed by atoms with Crippen LogP contribution in [0.15, 0.2) is 28.7 Å². The first-order valence-corrected chi connectivity index (χ1v) is 7.53. The number of rotatable bonds is 2. The topological polar surface area (TPSA) is 65.5 Å². The van der Waals surface area contributed by atoms with E-state index in [0.29, 0.717) is 23.1 Å². The Morgan fingerprint density at radius 2 is 2.05 bits per heavy atom. The van der Waals surface area contributed by atoms with Gasteiger partial charge in [0.1, 0.15) is 11.7 Å². The molecule has 21 heavy (non-hydrogen) atoms. The Labute approximate surface area is 124 Å². The maximum atomic E-state index is 12.2. The summed E-state index contributed by atoms with van der Waals surface area (Å²) >= 11 is 0. The molecule has 4 heteroatoms. The van der Waals surface area contributed by atoms with Gasteiger partial charge in [0, 0.05) is 11.1 Å². The number of anilines is 1. The van der Waals surface area contributed by atoms with E-state index >= 15 is 0 Å². The quantitative estimate of drug-likeness (QED) is 0.670. The smallest absolute Gasteiger partial charge is 0.374 e. The van der Waals surface area contributed by atoms with Crippen molar-refractivity contribution < 1.29 is 13.9 Å². The van der Waals surface area contributed by atoms with Crippen LogP contribution in [-0.4, -0.2) is 12.1 Å². The lowest BCUT2D eigenvalue weighted by Crippen LogP contribution is -2.28. The van der Waals surface area contributed by atoms with Crippen LogP contribution >= 0.6 is 0 Å². The number of carbonyl (C=O) groups excluding carboxylic acids is 1. The van der Waals surface area contributed by atoms with Crippen molar-refractivity contribution in [2.75, 3.05) is 5.73 Å². The standard InChI is InChI=1S/C17H21NO3/c1-10-3-5-14(7-11(10)2)20-17(19)16-9-12-8-13(18)4-6-15(12)21-16/h4,6,8-11,14H,3,5,7,18H2,1-2H3. The molecule has 0 saturated heterocycles. The van der Waals surface area contributed by atoms with Gasteiger partial charge in [-0.15, -0.1) is 0 Å². The third-order valence-electron chi connectivity index (χ3n) is 4.57. The van der Waals surface area contributed by atoms with Crippen LogP contribution < -0.4 is 5.73 Å². The van der Waals surface area contributed by atoms with Gasteiger partial charge >= 0.3 is 5.97 Å². The summed E-state index contributed by atoms with van der Waals surface area (Å²) in [6.07, 6.45) is 2.97. The number of benzene rings is 1. The first-order chi connectivity index (χ1) is 10.0. The fourth-order valence-electron chi connectivity index (χ4n) is 2.98. The summed E-state index contributed by atoms with van der Waals surface area (Å²) in [7, 11) is 0. The average Bonchev–Trinajstić information content (AvgIpc) is 2.86. The molecule has 0 bridgehead atoms. The SMILES string of the molecule is CC1CCC(OC(=O)c2cc3cc(N)ccc3o2)CC1C. The van der Waals surface area contributed by atoms with Crippen molar-refractivity contribution in [3.63, 3.8) is 0 Å². The van der Waals surface area contributed by atoms with Gasteiger partial charge in [-0.2, -0.15) is 0 Å².